The zero-order valence-corrected chi connectivity index (χ0v) is 31.6. The molecule has 1 aromatic carbocycles. The first kappa shape index (κ1) is 38.7. The molecule has 0 aromatic heterocycles. The average molecular weight is 812 g/mol. The molecule has 0 spiro atoms. The lowest BCUT2D eigenvalue weighted by molar-refractivity contribution is -0.142. The predicted molar refractivity (Wildman–Crippen MR) is 191 cm³/mol. The Hall–Kier alpha value is -3.48. The van der Waals surface area contributed by atoms with E-state index in [1.165, 1.54) is 44.5 Å². The number of nitrogens with zero attached hydrogens (tertiary/aromatic N) is 2. The number of halogens is 1. The maximum atomic E-state index is 14.3. The van der Waals surface area contributed by atoms with Crippen molar-refractivity contribution in [2.45, 2.75) is 105 Å². The second kappa shape index (κ2) is 15.2. The number of nitrogens with one attached hydrogen (secondary N) is 4. The van der Waals surface area contributed by atoms with E-state index in [1.54, 1.807) is 6.08 Å². The Morgan fingerprint density at radius 3 is 2.51 bits per heavy atom. The molecule has 4 amide bonds. The third-order valence-corrected chi connectivity index (χ3v) is 14.0. The fourth-order valence-electron chi connectivity index (χ4n) is 6.29. The van der Waals surface area contributed by atoms with Gasteiger partial charge in [0.05, 0.1) is 15.7 Å². The number of aliphatic imine (C=N–C) groups is 1. The van der Waals surface area contributed by atoms with Crippen molar-refractivity contribution in [1.82, 2.24) is 20.3 Å². The number of sulfonamides is 1. The van der Waals surface area contributed by atoms with Crippen molar-refractivity contribution in [2.24, 2.45) is 10.9 Å². The van der Waals surface area contributed by atoms with E-state index in [9.17, 15) is 36.0 Å². The van der Waals surface area contributed by atoms with Crippen molar-refractivity contribution < 1.29 is 40.2 Å². The van der Waals surface area contributed by atoms with Crippen LogP contribution in [0.15, 0.2) is 50.8 Å². The SMILES string of the molecule is CN=CCC(=N)C(=O)NC1CCCCCC=CC2CC2(C(=O)NS(=O)(=O)C2(C)CC2)NC(=O)C2CC(OS(=O)(=O)c3ccc(Br)cc3)CN2C1=O. The highest BCUT2D eigenvalue weighted by Crippen LogP contribution is 2.47. The summed E-state index contributed by atoms with van der Waals surface area (Å²) in [4.78, 5) is 59.9. The average Bonchev–Trinajstić information content (AvgIpc) is 3.95. The Morgan fingerprint density at radius 2 is 1.84 bits per heavy atom. The normalized spacial score (nSPS) is 28.1. The highest BCUT2D eigenvalue weighted by molar-refractivity contribution is 9.10. The summed E-state index contributed by atoms with van der Waals surface area (Å²) in [7, 11) is -6.89. The van der Waals surface area contributed by atoms with E-state index in [4.69, 9.17) is 9.59 Å². The molecule has 5 unspecified atom stereocenters. The molecule has 5 rings (SSSR count). The lowest BCUT2D eigenvalue weighted by atomic mass is 10.0. The van der Waals surface area contributed by atoms with Crippen LogP contribution in [0.5, 0.6) is 0 Å². The molecule has 0 radical (unpaired) electrons. The molecule has 1 saturated heterocycles. The summed E-state index contributed by atoms with van der Waals surface area (Å²) in [5.41, 5.74) is -1.94. The van der Waals surface area contributed by atoms with Crippen molar-refractivity contribution in [3.8, 4) is 0 Å². The lowest BCUT2D eigenvalue weighted by Crippen LogP contribution is -2.58. The summed E-state index contributed by atoms with van der Waals surface area (Å²) in [5.74, 6) is -3.68. The number of hydrogen-bond donors (Lipinski definition) is 4. The zero-order chi connectivity index (χ0) is 37.2. The molecule has 4 N–H and O–H groups in total. The monoisotopic (exact) mass is 810 g/mol. The number of carbonyl (C=O) groups is 4. The molecule has 18 heteroatoms. The smallest absolute Gasteiger partial charge is 0.297 e. The van der Waals surface area contributed by atoms with Gasteiger partial charge in [0.15, 0.2) is 0 Å². The molecule has 278 valence electrons. The van der Waals surface area contributed by atoms with Gasteiger partial charge in [0.25, 0.3) is 21.9 Å². The Labute approximate surface area is 306 Å². The van der Waals surface area contributed by atoms with Gasteiger partial charge in [0, 0.05) is 43.0 Å². The van der Waals surface area contributed by atoms with Gasteiger partial charge in [0.2, 0.25) is 21.8 Å². The van der Waals surface area contributed by atoms with Crippen LogP contribution in [-0.4, -0.2) is 99.4 Å². The van der Waals surface area contributed by atoms with Gasteiger partial charge in [-0.3, -0.25) is 33.5 Å². The van der Waals surface area contributed by atoms with Gasteiger partial charge in [-0.2, -0.15) is 8.42 Å². The third kappa shape index (κ3) is 8.77. The topological polar surface area (TPSA) is 221 Å². The van der Waals surface area contributed by atoms with Gasteiger partial charge in [-0.1, -0.05) is 40.9 Å². The molecule has 1 aromatic rings. The van der Waals surface area contributed by atoms with Gasteiger partial charge in [0.1, 0.15) is 23.3 Å². The van der Waals surface area contributed by atoms with E-state index in [0.717, 1.165) is 11.3 Å². The number of hydrogen-bond acceptors (Lipinski definition) is 11. The Kier molecular flexibility index (Phi) is 11.6. The summed E-state index contributed by atoms with van der Waals surface area (Å²) in [6.07, 6.45) is 7.17. The van der Waals surface area contributed by atoms with Crippen LogP contribution in [0.25, 0.3) is 0 Å². The summed E-state index contributed by atoms with van der Waals surface area (Å²) < 4.78 is 59.9. The van der Waals surface area contributed by atoms with E-state index in [2.05, 4.69) is 36.3 Å². The van der Waals surface area contributed by atoms with Crippen molar-refractivity contribution in [3.63, 3.8) is 0 Å². The van der Waals surface area contributed by atoms with E-state index in [0.29, 0.717) is 36.6 Å². The van der Waals surface area contributed by atoms with Crippen LogP contribution in [0.3, 0.4) is 0 Å². The summed E-state index contributed by atoms with van der Waals surface area (Å²) in [6.45, 7) is 1.20. The van der Waals surface area contributed by atoms with Crippen LogP contribution in [0.4, 0.5) is 0 Å². The fraction of sp³-hybridized carbons (Fsp3) is 0.576. The Bertz CT molecular complexity index is 1850. The number of rotatable bonds is 10. The van der Waals surface area contributed by atoms with E-state index < -0.39 is 78.2 Å². The molecule has 15 nitrogen and oxygen atoms in total. The van der Waals surface area contributed by atoms with Crippen LogP contribution in [0, 0.1) is 11.3 Å². The molecule has 2 saturated carbocycles. The number of carbonyl (C=O) groups excluding carboxylic acids is 4. The summed E-state index contributed by atoms with van der Waals surface area (Å²) >= 11 is 3.26. The van der Waals surface area contributed by atoms with Gasteiger partial charge >= 0.3 is 0 Å². The molecular weight excluding hydrogens is 768 g/mol. The van der Waals surface area contributed by atoms with Crippen molar-refractivity contribution in [1.29, 1.82) is 5.41 Å². The van der Waals surface area contributed by atoms with Crippen molar-refractivity contribution >= 4 is 71.6 Å². The number of amides is 4. The number of fused-ring (bicyclic) bond motifs is 2. The maximum absolute atomic E-state index is 14.3. The molecule has 0 bridgehead atoms. The largest absolute Gasteiger partial charge is 0.339 e. The molecular formula is C33H43BrN6O9S2. The Balaban J connectivity index is 1.45. The standard InChI is InChI=1S/C33H43BrN6O9S2/c1-32(15-16-32)51(47,48)39-31(44)33-19-21(33)8-6-4-3-5-7-9-26(37-28(41)25(35)14-17-36-2)30(43)40-20-23(18-27(40)29(42)38-33)49-50(45,46)24-12-10-22(34)11-13-24/h6,8,10-13,17,21,23,26-27,35H,3-5,7,9,14-16,18-20H2,1-2H3,(H,37,41)(H,38,42)(H,39,44). The summed E-state index contributed by atoms with van der Waals surface area (Å²) in [6, 6.07) is 3.23. The minimum atomic E-state index is -4.35. The third-order valence-electron chi connectivity index (χ3n) is 9.90. The molecule has 4 aliphatic rings. The van der Waals surface area contributed by atoms with Crippen LogP contribution in [0.2, 0.25) is 0 Å². The van der Waals surface area contributed by atoms with E-state index in [-0.39, 0.29) is 42.8 Å². The molecule has 5 atom stereocenters. The molecule has 2 aliphatic carbocycles. The van der Waals surface area contributed by atoms with Gasteiger partial charge in [-0.05, 0) is 69.7 Å². The van der Waals surface area contributed by atoms with Gasteiger partial charge in [-0.25, -0.2) is 8.42 Å². The number of benzene rings is 1. The van der Waals surface area contributed by atoms with Crippen LogP contribution < -0.4 is 15.4 Å². The van der Waals surface area contributed by atoms with E-state index in [1.807, 2.05) is 6.08 Å². The predicted octanol–water partition coefficient (Wildman–Crippen LogP) is 2.11. The van der Waals surface area contributed by atoms with Crippen LogP contribution in [0.1, 0.15) is 71.1 Å². The van der Waals surface area contributed by atoms with Crippen molar-refractivity contribution in [3.05, 3.63) is 40.9 Å². The van der Waals surface area contributed by atoms with Gasteiger partial charge in [-0.15, -0.1) is 0 Å². The molecule has 2 heterocycles. The fourth-order valence-corrected chi connectivity index (χ4v) is 8.94. The zero-order valence-electron chi connectivity index (χ0n) is 28.4. The summed E-state index contributed by atoms with van der Waals surface area (Å²) in [5, 5.41) is 13.5. The quantitative estimate of drug-likeness (QED) is 0.154. The highest BCUT2D eigenvalue weighted by atomic mass is 79.9. The second-order valence-electron chi connectivity index (χ2n) is 13.7. The molecule has 51 heavy (non-hydrogen) atoms. The van der Waals surface area contributed by atoms with Gasteiger partial charge < -0.3 is 20.5 Å². The first-order valence-corrected chi connectivity index (χ1v) is 20.5. The minimum absolute atomic E-state index is 0.0612. The first-order valence-electron chi connectivity index (χ1n) is 16.9. The van der Waals surface area contributed by atoms with Crippen LogP contribution >= 0.6 is 15.9 Å². The van der Waals surface area contributed by atoms with Crippen molar-refractivity contribution in [2.75, 3.05) is 13.6 Å². The highest BCUT2D eigenvalue weighted by Gasteiger charge is 2.63. The molecule has 3 fully saturated rings. The maximum Gasteiger partial charge on any atom is 0.297 e. The Morgan fingerprint density at radius 1 is 1.14 bits per heavy atom. The lowest BCUT2D eigenvalue weighted by Gasteiger charge is -2.30. The number of allylic oxidation sites excluding steroid dienone is 1. The second-order valence-corrected chi connectivity index (χ2v) is 18.4. The minimum Gasteiger partial charge on any atom is -0.339 e. The molecule has 2 aliphatic heterocycles. The van der Waals surface area contributed by atoms with Crippen LogP contribution in [-0.2, 0) is 43.5 Å². The first-order chi connectivity index (χ1) is 24.0. The van der Waals surface area contributed by atoms with E-state index >= 15 is 0 Å².